The Morgan fingerprint density at radius 2 is 1.97 bits per heavy atom. The molecule has 3 aromatic rings. The molecule has 8 nitrogen and oxygen atoms in total. The van der Waals surface area contributed by atoms with Crippen LogP contribution in [0.2, 0.25) is 5.02 Å². The number of pyridine rings is 1. The second-order valence-electron chi connectivity index (χ2n) is 10.0. The van der Waals surface area contributed by atoms with E-state index in [9.17, 15) is 18.4 Å². The van der Waals surface area contributed by atoms with Crippen molar-refractivity contribution in [3.63, 3.8) is 0 Å². The summed E-state index contributed by atoms with van der Waals surface area (Å²) in [7, 11) is 0. The van der Waals surface area contributed by atoms with Gasteiger partial charge in [-0.3, -0.25) is 19.6 Å². The van der Waals surface area contributed by atoms with Crippen LogP contribution in [0.5, 0.6) is 0 Å². The van der Waals surface area contributed by atoms with Crippen LogP contribution in [0, 0.1) is 23.4 Å². The fourth-order valence-corrected chi connectivity index (χ4v) is 5.45. The van der Waals surface area contributed by atoms with Crippen LogP contribution < -0.4 is 10.2 Å². The first-order chi connectivity index (χ1) is 18.1. The average molecular weight is 549 g/mol. The Labute approximate surface area is 219 Å². The lowest BCUT2D eigenvalue weighted by atomic mass is 9.71. The summed E-state index contributed by atoms with van der Waals surface area (Å²) in [5, 5.41) is 8.89. The van der Waals surface area contributed by atoms with Crippen LogP contribution >= 0.6 is 11.6 Å². The highest BCUT2D eigenvalue weighted by Gasteiger charge is 2.49. The number of nitrogens with zero attached hydrogens (tertiary/aromatic N) is 4. The number of benzene rings is 1. The van der Waals surface area contributed by atoms with Gasteiger partial charge >= 0.3 is 0 Å². The first-order valence-electron chi connectivity index (χ1n) is 11.9. The fourth-order valence-electron chi connectivity index (χ4n) is 5.28. The van der Waals surface area contributed by atoms with Crippen molar-refractivity contribution in [2.24, 2.45) is 5.92 Å². The van der Waals surface area contributed by atoms with Gasteiger partial charge in [-0.2, -0.15) is 5.10 Å². The highest BCUT2D eigenvalue weighted by molar-refractivity contribution is 6.30. The van der Waals surface area contributed by atoms with Crippen LogP contribution in [0.25, 0.3) is 0 Å². The molecular formula is C25H21ClF4N6O2. The quantitative estimate of drug-likeness (QED) is 0.473. The number of rotatable bonds is 5. The molecule has 1 saturated carbocycles. The smallest absolute Gasteiger partial charge is 0.261 e. The molecular weight excluding hydrogens is 528 g/mol. The van der Waals surface area contributed by atoms with Crippen LogP contribution in [-0.4, -0.2) is 63.7 Å². The van der Waals surface area contributed by atoms with Gasteiger partial charge in [0.05, 0.1) is 28.7 Å². The van der Waals surface area contributed by atoms with Crippen LogP contribution in [0.4, 0.5) is 29.2 Å². The van der Waals surface area contributed by atoms with Gasteiger partial charge in [0.25, 0.3) is 5.91 Å². The van der Waals surface area contributed by atoms with Crippen molar-refractivity contribution < 1.29 is 27.2 Å². The second-order valence-corrected chi connectivity index (χ2v) is 10.4. The van der Waals surface area contributed by atoms with Crippen molar-refractivity contribution in [2.45, 2.75) is 31.0 Å². The summed E-state index contributed by atoms with van der Waals surface area (Å²) in [4.78, 5) is 32.2. The van der Waals surface area contributed by atoms with E-state index in [4.69, 9.17) is 11.6 Å². The number of aromatic amines is 1. The molecule has 0 spiro atoms. The summed E-state index contributed by atoms with van der Waals surface area (Å²) in [6.45, 7) is 1.68. The number of halogens is 5. The van der Waals surface area contributed by atoms with E-state index in [2.05, 4.69) is 20.5 Å². The maximum Gasteiger partial charge on any atom is 0.261 e. The number of fused-ring (bicyclic) bond motifs is 1. The van der Waals surface area contributed by atoms with Crippen LogP contribution in [0.1, 0.15) is 34.8 Å². The first-order valence-corrected chi connectivity index (χ1v) is 12.3. The van der Waals surface area contributed by atoms with Gasteiger partial charge in [0.1, 0.15) is 12.0 Å². The van der Waals surface area contributed by atoms with Gasteiger partial charge in [0.15, 0.2) is 23.3 Å². The number of alkyl halides is 1. The van der Waals surface area contributed by atoms with E-state index < -0.39 is 40.9 Å². The third-order valence-corrected chi connectivity index (χ3v) is 7.75. The lowest BCUT2D eigenvalue weighted by molar-refractivity contribution is -0.136. The SMILES string of the molecule is C[C@]1(c2cccc(Cl)c2F)CN(c2n[nH]cc2F)C(=O)c2cnc(NC3CN(C(=O)[C@@H]4C[C@@H]4F)C3)c(F)c21. The van der Waals surface area contributed by atoms with Gasteiger partial charge in [-0.1, -0.05) is 23.7 Å². The van der Waals surface area contributed by atoms with Crippen molar-refractivity contribution in [3.05, 3.63) is 69.8 Å². The molecule has 4 heterocycles. The number of H-pyrrole nitrogens is 1. The highest BCUT2D eigenvalue weighted by Crippen LogP contribution is 2.45. The fraction of sp³-hybridized carbons (Fsp3) is 0.360. The predicted molar refractivity (Wildman–Crippen MR) is 129 cm³/mol. The number of hydrogen-bond donors (Lipinski definition) is 2. The Morgan fingerprint density at radius 1 is 1.24 bits per heavy atom. The molecule has 13 heteroatoms. The Hall–Kier alpha value is -3.67. The van der Waals surface area contributed by atoms with Gasteiger partial charge in [-0.15, -0.1) is 0 Å². The largest absolute Gasteiger partial charge is 0.361 e. The zero-order chi connectivity index (χ0) is 26.9. The van der Waals surface area contributed by atoms with Gasteiger partial charge < -0.3 is 10.2 Å². The van der Waals surface area contributed by atoms with Crippen molar-refractivity contribution in [2.75, 3.05) is 29.9 Å². The number of carbonyl (C=O) groups excluding carboxylic acids is 2. The van der Waals surface area contributed by atoms with E-state index in [0.717, 1.165) is 17.3 Å². The summed E-state index contributed by atoms with van der Waals surface area (Å²) >= 11 is 6.05. The number of carbonyl (C=O) groups is 2. The van der Waals surface area contributed by atoms with Crippen LogP contribution in [0.15, 0.2) is 30.6 Å². The van der Waals surface area contributed by atoms with Gasteiger partial charge in [-0.05, 0) is 19.4 Å². The molecule has 0 radical (unpaired) electrons. The van der Waals surface area contributed by atoms with Crippen molar-refractivity contribution in [1.82, 2.24) is 20.1 Å². The van der Waals surface area contributed by atoms with Crippen molar-refractivity contribution in [3.8, 4) is 0 Å². The number of likely N-dealkylation sites (tertiary alicyclic amines) is 1. The lowest BCUT2D eigenvalue weighted by Crippen LogP contribution is -2.58. The molecule has 0 unspecified atom stereocenters. The minimum Gasteiger partial charge on any atom is -0.361 e. The molecule has 6 rings (SSSR count). The van der Waals surface area contributed by atoms with E-state index in [1.165, 1.54) is 30.0 Å². The maximum atomic E-state index is 16.2. The number of aromatic nitrogens is 3. The Kier molecular flexibility index (Phi) is 5.64. The summed E-state index contributed by atoms with van der Waals surface area (Å²) in [5.74, 6) is -4.61. The highest BCUT2D eigenvalue weighted by atomic mass is 35.5. The lowest BCUT2D eigenvalue weighted by Gasteiger charge is -2.42. The molecule has 3 atom stereocenters. The van der Waals surface area contributed by atoms with E-state index in [-0.39, 0.29) is 71.4 Å². The standard InChI is InChI=1S/C25H21ClF4N6O2/c1-25(14-3-2-4-15(26)19(14)29)10-36(22-17(28)7-32-34-22)24(38)13-6-31-21(20(30)18(13)25)33-11-8-35(9-11)23(37)12-5-16(12)27/h2-4,6-7,11-12,16H,5,8-10H2,1H3,(H,31,33)(H,32,34)/t12-,16+,25-/m1/s1. The number of hydrogen-bond acceptors (Lipinski definition) is 5. The Morgan fingerprint density at radius 3 is 2.63 bits per heavy atom. The van der Waals surface area contributed by atoms with Crippen molar-refractivity contribution >= 4 is 35.1 Å². The predicted octanol–water partition coefficient (Wildman–Crippen LogP) is 3.82. The molecule has 3 aliphatic rings. The maximum absolute atomic E-state index is 16.2. The monoisotopic (exact) mass is 548 g/mol. The van der Waals surface area contributed by atoms with E-state index in [1.54, 1.807) is 0 Å². The summed E-state index contributed by atoms with van der Waals surface area (Å²) in [6.07, 6.45) is 1.23. The summed E-state index contributed by atoms with van der Waals surface area (Å²) in [5.41, 5.74) is -1.83. The minimum absolute atomic E-state index is 0.00127. The molecule has 2 aromatic heterocycles. The normalized spacial score (nSPS) is 24.7. The number of amides is 2. The topological polar surface area (TPSA) is 94.2 Å². The Bertz CT molecular complexity index is 1480. The third kappa shape index (κ3) is 3.72. The van der Waals surface area contributed by atoms with Gasteiger partial charge in [0, 0.05) is 42.4 Å². The van der Waals surface area contributed by atoms with Gasteiger partial charge in [-0.25, -0.2) is 22.5 Å². The Balaban J connectivity index is 1.38. The molecule has 1 saturated heterocycles. The summed E-state index contributed by atoms with van der Waals surface area (Å²) in [6, 6.07) is 3.93. The molecule has 1 aromatic carbocycles. The third-order valence-electron chi connectivity index (χ3n) is 7.46. The second kappa shape index (κ2) is 8.69. The number of nitrogens with one attached hydrogen (secondary N) is 2. The zero-order valence-electron chi connectivity index (χ0n) is 19.9. The zero-order valence-corrected chi connectivity index (χ0v) is 20.7. The van der Waals surface area contributed by atoms with Crippen LogP contribution in [-0.2, 0) is 10.2 Å². The average Bonchev–Trinajstić information content (AvgIpc) is 3.44. The first kappa shape index (κ1) is 24.7. The number of anilines is 2. The molecule has 2 aliphatic heterocycles. The molecule has 0 bridgehead atoms. The summed E-state index contributed by atoms with van der Waals surface area (Å²) < 4.78 is 59.2. The molecule has 38 heavy (non-hydrogen) atoms. The molecule has 2 fully saturated rings. The van der Waals surface area contributed by atoms with E-state index in [0.29, 0.717) is 0 Å². The molecule has 2 amide bonds. The molecule has 198 valence electrons. The minimum atomic E-state index is -1.52. The van der Waals surface area contributed by atoms with Crippen molar-refractivity contribution in [1.29, 1.82) is 0 Å². The van der Waals surface area contributed by atoms with Crippen LogP contribution in [0.3, 0.4) is 0 Å². The van der Waals surface area contributed by atoms with E-state index in [1.807, 2.05) is 0 Å². The van der Waals surface area contributed by atoms with Gasteiger partial charge in [0.2, 0.25) is 5.91 Å². The molecule has 1 aliphatic carbocycles. The molecule has 2 N–H and O–H groups in total. The van der Waals surface area contributed by atoms with E-state index >= 15 is 8.78 Å².